The zero-order valence-corrected chi connectivity index (χ0v) is 10.6. The molecule has 0 rings (SSSR count). The summed E-state index contributed by atoms with van der Waals surface area (Å²) in [4.78, 5) is 26.2. The van der Waals surface area contributed by atoms with Crippen molar-refractivity contribution < 1.29 is 24.3 Å². The van der Waals surface area contributed by atoms with Crippen molar-refractivity contribution in [1.29, 1.82) is 0 Å². The summed E-state index contributed by atoms with van der Waals surface area (Å²) in [6, 6.07) is 0. The quantitative estimate of drug-likeness (QED) is 0.531. The maximum atomic E-state index is 11.1. The fourth-order valence-electron chi connectivity index (χ4n) is 1.04. The van der Waals surface area contributed by atoms with Gasteiger partial charge in [0.1, 0.15) is 5.60 Å². The van der Waals surface area contributed by atoms with Crippen LogP contribution in [-0.2, 0) is 14.4 Å². The smallest absolute Gasteiger partial charge is 0.431 e. The summed E-state index contributed by atoms with van der Waals surface area (Å²) in [5.74, 6) is -0.794. The van der Waals surface area contributed by atoms with Crippen molar-refractivity contribution in [2.75, 3.05) is 6.61 Å². The number of carboxylic acid groups (broad SMARTS) is 1. The molecule has 6 heteroatoms. The molecule has 0 aliphatic heterocycles. The zero-order chi connectivity index (χ0) is 13.3. The number of carbonyl (C=O) groups excluding carboxylic acids is 1. The van der Waals surface area contributed by atoms with Gasteiger partial charge in [0.15, 0.2) is 0 Å². The molecule has 0 radical (unpaired) electrons. The number of carbonyl (C=O) groups is 2. The second-order valence-corrected chi connectivity index (χ2v) is 4.66. The van der Waals surface area contributed by atoms with Crippen molar-refractivity contribution in [1.82, 2.24) is 5.48 Å². The largest absolute Gasteiger partial charge is 0.481 e. The Morgan fingerprint density at radius 1 is 1.18 bits per heavy atom. The van der Waals surface area contributed by atoms with E-state index < -0.39 is 17.7 Å². The van der Waals surface area contributed by atoms with Gasteiger partial charge in [0.2, 0.25) is 0 Å². The molecule has 0 heterocycles. The van der Waals surface area contributed by atoms with Crippen molar-refractivity contribution in [3.8, 4) is 0 Å². The fraction of sp³-hybridized carbons (Fsp3) is 0.818. The first-order valence-electron chi connectivity index (χ1n) is 5.64. The first kappa shape index (κ1) is 15.7. The van der Waals surface area contributed by atoms with E-state index in [1.807, 2.05) is 0 Å². The number of amides is 1. The van der Waals surface area contributed by atoms with Crippen LogP contribution in [0.1, 0.15) is 46.5 Å². The van der Waals surface area contributed by atoms with Gasteiger partial charge in [-0.25, -0.2) is 4.79 Å². The molecule has 0 aliphatic rings. The molecule has 0 fully saturated rings. The van der Waals surface area contributed by atoms with Gasteiger partial charge in [-0.15, -0.1) is 0 Å². The predicted octanol–water partition coefficient (Wildman–Crippen LogP) is 2.09. The molecule has 0 unspecified atom stereocenters. The van der Waals surface area contributed by atoms with Crippen LogP contribution in [0.5, 0.6) is 0 Å². The second kappa shape index (κ2) is 7.89. The molecule has 17 heavy (non-hydrogen) atoms. The van der Waals surface area contributed by atoms with Crippen LogP contribution in [0.3, 0.4) is 0 Å². The van der Waals surface area contributed by atoms with Crippen LogP contribution in [0, 0.1) is 0 Å². The molecule has 0 aliphatic carbocycles. The zero-order valence-electron chi connectivity index (χ0n) is 10.6. The van der Waals surface area contributed by atoms with E-state index in [4.69, 9.17) is 14.7 Å². The van der Waals surface area contributed by atoms with Crippen molar-refractivity contribution in [2.45, 2.75) is 52.1 Å². The van der Waals surface area contributed by atoms with E-state index in [-0.39, 0.29) is 6.42 Å². The Kier molecular flexibility index (Phi) is 7.29. The van der Waals surface area contributed by atoms with Gasteiger partial charge in [-0.2, -0.15) is 5.48 Å². The average Bonchev–Trinajstić information content (AvgIpc) is 2.12. The third kappa shape index (κ3) is 12.6. The topological polar surface area (TPSA) is 84.9 Å². The first-order valence-corrected chi connectivity index (χ1v) is 5.64. The maximum Gasteiger partial charge on any atom is 0.431 e. The van der Waals surface area contributed by atoms with E-state index >= 15 is 0 Å². The highest BCUT2D eigenvalue weighted by atomic mass is 16.7. The van der Waals surface area contributed by atoms with Crippen molar-refractivity contribution in [3.05, 3.63) is 0 Å². The fourth-order valence-corrected chi connectivity index (χ4v) is 1.04. The van der Waals surface area contributed by atoms with Gasteiger partial charge in [-0.1, -0.05) is 6.42 Å². The van der Waals surface area contributed by atoms with Crippen molar-refractivity contribution in [2.24, 2.45) is 0 Å². The Balaban J connectivity index is 3.34. The van der Waals surface area contributed by atoms with Crippen LogP contribution in [0.2, 0.25) is 0 Å². The van der Waals surface area contributed by atoms with Crippen LogP contribution in [0.4, 0.5) is 4.79 Å². The minimum absolute atomic E-state index is 0.166. The summed E-state index contributed by atoms with van der Waals surface area (Å²) < 4.78 is 4.94. The van der Waals surface area contributed by atoms with Crippen LogP contribution in [0.15, 0.2) is 0 Å². The number of rotatable bonds is 7. The van der Waals surface area contributed by atoms with Gasteiger partial charge in [-0.3, -0.25) is 9.63 Å². The molecule has 0 aromatic carbocycles. The van der Waals surface area contributed by atoms with E-state index in [0.29, 0.717) is 19.4 Å². The van der Waals surface area contributed by atoms with Crippen molar-refractivity contribution in [3.63, 3.8) is 0 Å². The Morgan fingerprint density at radius 3 is 2.35 bits per heavy atom. The molecule has 1 amide bonds. The van der Waals surface area contributed by atoms with Crippen LogP contribution < -0.4 is 5.48 Å². The predicted molar refractivity (Wildman–Crippen MR) is 61.4 cm³/mol. The van der Waals surface area contributed by atoms with E-state index in [9.17, 15) is 9.59 Å². The van der Waals surface area contributed by atoms with E-state index in [2.05, 4.69) is 5.48 Å². The van der Waals surface area contributed by atoms with Crippen molar-refractivity contribution >= 4 is 12.1 Å². The number of nitrogens with one attached hydrogen (secondary N) is 1. The molecule has 6 nitrogen and oxygen atoms in total. The highest BCUT2D eigenvalue weighted by Crippen LogP contribution is 2.06. The Bertz CT molecular complexity index is 247. The lowest BCUT2D eigenvalue weighted by molar-refractivity contribution is -0.137. The number of hydrogen-bond acceptors (Lipinski definition) is 4. The number of ether oxygens (including phenoxy) is 1. The third-order valence-electron chi connectivity index (χ3n) is 1.69. The summed E-state index contributed by atoms with van der Waals surface area (Å²) >= 11 is 0. The van der Waals surface area contributed by atoms with E-state index in [0.717, 1.165) is 6.42 Å². The van der Waals surface area contributed by atoms with Crippen LogP contribution in [-0.4, -0.2) is 29.4 Å². The van der Waals surface area contributed by atoms with Gasteiger partial charge in [0.25, 0.3) is 0 Å². The molecule has 0 bridgehead atoms. The molecule has 0 atom stereocenters. The lowest BCUT2D eigenvalue weighted by Gasteiger charge is -2.19. The van der Waals surface area contributed by atoms with Gasteiger partial charge >= 0.3 is 12.1 Å². The Hall–Kier alpha value is -1.30. The first-order chi connectivity index (χ1) is 7.81. The Morgan fingerprint density at radius 2 is 1.82 bits per heavy atom. The minimum atomic E-state index is -0.794. The number of hydrogen-bond donors (Lipinski definition) is 2. The van der Waals surface area contributed by atoms with Crippen LogP contribution in [0.25, 0.3) is 0 Å². The normalized spacial score (nSPS) is 11.0. The van der Waals surface area contributed by atoms with Gasteiger partial charge in [0, 0.05) is 6.42 Å². The highest BCUT2D eigenvalue weighted by Gasteiger charge is 2.15. The highest BCUT2D eigenvalue weighted by molar-refractivity contribution is 5.66. The van der Waals surface area contributed by atoms with E-state index in [1.165, 1.54) is 0 Å². The number of carboxylic acids is 1. The minimum Gasteiger partial charge on any atom is -0.481 e. The maximum absolute atomic E-state index is 11.1. The molecular weight excluding hydrogens is 226 g/mol. The second-order valence-electron chi connectivity index (χ2n) is 4.66. The third-order valence-corrected chi connectivity index (χ3v) is 1.69. The molecule has 0 spiro atoms. The number of unbranched alkanes of at least 4 members (excludes halogenated alkanes) is 2. The molecular formula is C11H21NO5. The van der Waals surface area contributed by atoms with Gasteiger partial charge in [-0.05, 0) is 33.6 Å². The number of aliphatic carboxylic acids is 1. The molecule has 100 valence electrons. The molecule has 0 saturated carbocycles. The summed E-state index contributed by atoms with van der Waals surface area (Å²) in [6.07, 6.45) is 1.61. The summed E-state index contributed by atoms with van der Waals surface area (Å²) in [6.45, 7) is 5.63. The number of hydroxylamine groups is 1. The molecule has 0 saturated heterocycles. The van der Waals surface area contributed by atoms with Gasteiger partial charge in [0.05, 0.1) is 6.61 Å². The molecule has 0 aromatic heterocycles. The monoisotopic (exact) mass is 247 g/mol. The van der Waals surface area contributed by atoms with Crippen LogP contribution >= 0.6 is 0 Å². The average molecular weight is 247 g/mol. The summed E-state index contributed by atoms with van der Waals surface area (Å²) in [5, 5.41) is 8.39. The summed E-state index contributed by atoms with van der Waals surface area (Å²) in [5.41, 5.74) is 1.61. The summed E-state index contributed by atoms with van der Waals surface area (Å²) in [7, 11) is 0. The van der Waals surface area contributed by atoms with Gasteiger partial charge < -0.3 is 9.84 Å². The Labute approximate surface area is 101 Å². The lowest BCUT2D eigenvalue weighted by Crippen LogP contribution is -2.32. The van der Waals surface area contributed by atoms with E-state index in [1.54, 1.807) is 20.8 Å². The molecule has 2 N–H and O–H groups in total. The SMILES string of the molecule is CC(C)(C)OC(=O)NOCCCCCC(=O)O. The standard InChI is InChI=1S/C11H21NO5/c1-11(2,3)17-10(15)12-16-8-6-4-5-7-9(13)14/h4-8H2,1-3H3,(H,12,15)(H,13,14). The lowest BCUT2D eigenvalue weighted by atomic mass is 10.2. The molecule has 0 aromatic rings.